The van der Waals surface area contributed by atoms with E-state index in [1.165, 1.54) is 0 Å². The first kappa shape index (κ1) is 12.6. The van der Waals surface area contributed by atoms with Gasteiger partial charge in [0, 0.05) is 31.6 Å². The molecule has 0 spiro atoms. The van der Waals surface area contributed by atoms with Crippen LogP contribution in [0.4, 0.5) is 0 Å². The van der Waals surface area contributed by atoms with Crippen molar-refractivity contribution in [1.82, 2.24) is 10.6 Å². The molecule has 1 aromatic carbocycles. The maximum atomic E-state index is 11.5. The molecule has 0 aliphatic carbocycles. The topological polar surface area (TPSA) is 70.6 Å². The summed E-state index contributed by atoms with van der Waals surface area (Å²) in [5, 5.41) is 16.1. The van der Waals surface area contributed by atoms with Gasteiger partial charge >= 0.3 is 5.97 Å². The third-order valence-corrected chi connectivity index (χ3v) is 3.84. The van der Waals surface area contributed by atoms with Crippen molar-refractivity contribution in [1.29, 1.82) is 0 Å². The van der Waals surface area contributed by atoms with E-state index in [0.29, 0.717) is 24.7 Å². The number of ether oxygens (including phenoxy) is 1. The van der Waals surface area contributed by atoms with Crippen LogP contribution in [0.2, 0.25) is 0 Å². The van der Waals surface area contributed by atoms with E-state index >= 15 is 0 Å². The second kappa shape index (κ2) is 5.28. The van der Waals surface area contributed by atoms with E-state index in [-0.39, 0.29) is 6.04 Å². The van der Waals surface area contributed by atoms with E-state index in [0.717, 1.165) is 30.8 Å². The molecule has 1 aromatic rings. The van der Waals surface area contributed by atoms with Crippen LogP contribution in [0.1, 0.15) is 33.4 Å². The first-order valence-corrected chi connectivity index (χ1v) is 6.65. The highest BCUT2D eigenvalue weighted by Crippen LogP contribution is 2.33. The maximum absolute atomic E-state index is 11.5. The second-order valence-corrected chi connectivity index (χ2v) is 5.06. The van der Waals surface area contributed by atoms with E-state index in [1.54, 1.807) is 6.07 Å². The summed E-state index contributed by atoms with van der Waals surface area (Å²) in [5.41, 5.74) is 2.45. The molecule has 2 saturated heterocycles. The first-order chi connectivity index (χ1) is 9.27. The van der Waals surface area contributed by atoms with Crippen molar-refractivity contribution < 1.29 is 14.6 Å². The van der Waals surface area contributed by atoms with Crippen LogP contribution in [0.5, 0.6) is 0 Å². The monoisotopic (exact) mass is 262 g/mol. The molecule has 3 N–H and O–H groups in total. The quantitative estimate of drug-likeness (QED) is 0.749. The van der Waals surface area contributed by atoms with Gasteiger partial charge in [-0.05, 0) is 17.2 Å². The van der Waals surface area contributed by atoms with E-state index in [1.807, 2.05) is 12.1 Å². The number of hydrogen-bond donors (Lipinski definition) is 3. The molecule has 2 heterocycles. The van der Waals surface area contributed by atoms with Crippen molar-refractivity contribution in [2.45, 2.75) is 12.0 Å². The Morgan fingerprint density at radius 1 is 1.32 bits per heavy atom. The average Bonchev–Trinajstić information content (AvgIpc) is 2.37. The van der Waals surface area contributed by atoms with Crippen molar-refractivity contribution >= 4 is 5.97 Å². The van der Waals surface area contributed by atoms with Crippen LogP contribution in [-0.4, -0.2) is 43.9 Å². The average molecular weight is 262 g/mol. The lowest BCUT2D eigenvalue weighted by Gasteiger charge is -2.33. The number of carboxylic acids is 1. The van der Waals surface area contributed by atoms with E-state index in [9.17, 15) is 9.90 Å². The number of hydrogen-bond acceptors (Lipinski definition) is 4. The fourth-order valence-corrected chi connectivity index (χ4v) is 2.79. The van der Waals surface area contributed by atoms with Gasteiger partial charge in [0.2, 0.25) is 0 Å². The summed E-state index contributed by atoms with van der Waals surface area (Å²) in [6.07, 6.45) is 0. The molecular weight excluding hydrogens is 244 g/mol. The number of nitrogens with one attached hydrogen (secondary N) is 2. The van der Waals surface area contributed by atoms with Crippen LogP contribution >= 0.6 is 0 Å². The summed E-state index contributed by atoms with van der Waals surface area (Å²) in [5.74, 6) is -0.525. The van der Waals surface area contributed by atoms with E-state index in [4.69, 9.17) is 4.74 Å². The van der Waals surface area contributed by atoms with Crippen LogP contribution in [0.3, 0.4) is 0 Å². The van der Waals surface area contributed by atoms with Gasteiger partial charge in [0.05, 0.1) is 18.8 Å². The van der Waals surface area contributed by atoms with Crippen molar-refractivity contribution in [3.63, 3.8) is 0 Å². The molecule has 2 aliphatic heterocycles. The van der Waals surface area contributed by atoms with Gasteiger partial charge in [0.1, 0.15) is 0 Å². The maximum Gasteiger partial charge on any atom is 0.336 e. The molecule has 19 heavy (non-hydrogen) atoms. The Labute approximate surface area is 112 Å². The first-order valence-electron chi connectivity index (χ1n) is 6.65. The Morgan fingerprint density at radius 3 is 2.74 bits per heavy atom. The number of piperazine rings is 1. The van der Waals surface area contributed by atoms with Crippen molar-refractivity contribution in [3.8, 4) is 0 Å². The van der Waals surface area contributed by atoms with Crippen molar-refractivity contribution in [2.24, 2.45) is 0 Å². The van der Waals surface area contributed by atoms with Crippen LogP contribution < -0.4 is 10.6 Å². The third kappa shape index (κ3) is 2.36. The lowest BCUT2D eigenvalue weighted by atomic mass is 9.86. The highest BCUT2D eigenvalue weighted by Gasteiger charge is 2.30. The summed E-state index contributed by atoms with van der Waals surface area (Å²) < 4.78 is 5.25. The molecule has 0 aromatic heterocycles. The van der Waals surface area contributed by atoms with Crippen LogP contribution in [0.25, 0.3) is 0 Å². The SMILES string of the molecule is O=C(O)c1cccc(C2COC2)c1C1CNCCN1. The van der Waals surface area contributed by atoms with Gasteiger partial charge in [0.25, 0.3) is 0 Å². The van der Waals surface area contributed by atoms with Crippen LogP contribution in [0.15, 0.2) is 18.2 Å². The zero-order valence-electron chi connectivity index (χ0n) is 10.7. The molecule has 102 valence electrons. The minimum Gasteiger partial charge on any atom is -0.478 e. The summed E-state index contributed by atoms with van der Waals surface area (Å²) in [6, 6.07) is 5.62. The normalized spacial score (nSPS) is 23.9. The van der Waals surface area contributed by atoms with Crippen molar-refractivity contribution in [3.05, 3.63) is 34.9 Å². The standard InChI is InChI=1S/C14H18N2O3/c17-14(18)11-3-1-2-10(9-7-19-8-9)13(11)12-6-15-4-5-16-12/h1-3,9,12,15-16H,4-8H2,(H,17,18). The predicted molar refractivity (Wildman–Crippen MR) is 70.6 cm³/mol. The second-order valence-electron chi connectivity index (χ2n) is 5.06. The lowest BCUT2D eigenvalue weighted by Crippen LogP contribution is -2.44. The highest BCUT2D eigenvalue weighted by molar-refractivity contribution is 5.90. The molecule has 5 nitrogen and oxygen atoms in total. The fraction of sp³-hybridized carbons (Fsp3) is 0.500. The number of carboxylic acid groups (broad SMARTS) is 1. The van der Waals surface area contributed by atoms with Gasteiger partial charge in [0.15, 0.2) is 0 Å². The van der Waals surface area contributed by atoms with Gasteiger partial charge in [-0.3, -0.25) is 0 Å². The Kier molecular flexibility index (Phi) is 3.50. The van der Waals surface area contributed by atoms with Crippen LogP contribution in [0, 0.1) is 0 Å². The zero-order valence-corrected chi connectivity index (χ0v) is 10.7. The molecule has 1 atom stereocenters. The molecule has 0 saturated carbocycles. The molecule has 0 bridgehead atoms. The molecule has 2 fully saturated rings. The zero-order chi connectivity index (χ0) is 13.2. The minimum absolute atomic E-state index is 0.0663. The summed E-state index contributed by atoms with van der Waals surface area (Å²) in [4.78, 5) is 11.5. The summed E-state index contributed by atoms with van der Waals surface area (Å²) in [6.45, 7) is 3.93. The Morgan fingerprint density at radius 2 is 2.16 bits per heavy atom. The van der Waals surface area contributed by atoms with E-state index in [2.05, 4.69) is 10.6 Å². The number of benzene rings is 1. The van der Waals surface area contributed by atoms with Gasteiger partial charge in [-0.1, -0.05) is 12.1 Å². The molecule has 2 aliphatic rings. The largest absolute Gasteiger partial charge is 0.478 e. The van der Waals surface area contributed by atoms with Gasteiger partial charge < -0.3 is 20.5 Å². The molecule has 0 amide bonds. The Bertz CT molecular complexity index is 480. The predicted octanol–water partition coefficient (Wildman–Crippen LogP) is 0.732. The van der Waals surface area contributed by atoms with Gasteiger partial charge in [-0.25, -0.2) is 4.79 Å². The number of rotatable bonds is 3. The summed E-state index contributed by atoms with van der Waals surface area (Å²) in [7, 11) is 0. The smallest absolute Gasteiger partial charge is 0.336 e. The summed E-state index contributed by atoms with van der Waals surface area (Å²) >= 11 is 0. The number of carbonyl (C=O) groups is 1. The minimum atomic E-state index is -0.857. The van der Waals surface area contributed by atoms with E-state index < -0.39 is 5.97 Å². The highest BCUT2D eigenvalue weighted by atomic mass is 16.5. The van der Waals surface area contributed by atoms with Crippen molar-refractivity contribution in [2.75, 3.05) is 32.8 Å². The lowest BCUT2D eigenvalue weighted by molar-refractivity contribution is 0.00778. The molecule has 5 heteroatoms. The molecule has 3 rings (SSSR count). The van der Waals surface area contributed by atoms with Crippen LogP contribution in [-0.2, 0) is 4.74 Å². The third-order valence-electron chi connectivity index (χ3n) is 3.84. The molecular formula is C14H18N2O3. The molecule has 0 radical (unpaired) electrons. The Balaban J connectivity index is 2.02. The molecule has 1 unspecified atom stereocenters. The Hall–Kier alpha value is -1.43. The fourth-order valence-electron chi connectivity index (χ4n) is 2.79. The number of aromatic carboxylic acids is 1. The van der Waals surface area contributed by atoms with Gasteiger partial charge in [-0.2, -0.15) is 0 Å². The van der Waals surface area contributed by atoms with Gasteiger partial charge in [-0.15, -0.1) is 0 Å².